The third kappa shape index (κ3) is 3.98. The molecule has 0 radical (unpaired) electrons. The summed E-state index contributed by atoms with van der Waals surface area (Å²) in [6, 6.07) is 53.3. The van der Waals surface area contributed by atoms with Gasteiger partial charge in [-0.15, -0.1) is 0 Å². The number of benzene rings is 6. The topological polar surface area (TPSA) is 38.9 Å². The zero-order valence-electron chi connectivity index (χ0n) is 24.7. The van der Waals surface area contributed by atoms with Gasteiger partial charge in [0, 0.05) is 32.9 Å². The van der Waals surface area contributed by atoms with Crippen LogP contribution < -0.4 is 0 Å². The summed E-state index contributed by atoms with van der Waals surface area (Å²) in [4.78, 5) is 10.2. The number of hydrogen-bond acceptors (Lipinski definition) is 3. The number of furan rings is 1. The number of aromatic nitrogens is 2. The van der Waals surface area contributed by atoms with Gasteiger partial charge in [-0.05, 0) is 71.1 Å². The first kappa shape index (κ1) is 25.7. The highest BCUT2D eigenvalue weighted by Crippen LogP contribution is 2.53. The lowest BCUT2D eigenvalue weighted by molar-refractivity contribution is 0.669. The molecule has 9 rings (SSSR count). The van der Waals surface area contributed by atoms with Crippen LogP contribution in [0, 0.1) is 0 Å². The molecule has 2 heterocycles. The molecule has 3 heteroatoms. The molecule has 1 aliphatic carbocycles. The van der Waals surface area contributed by atoms with Crippen molar-refractivity contribution >= 4 is 21.9 Å². The van der Waals surface area contributed by atoms with E-state index >= 15 is 0 Å². The number of para-hydroxylation sites is 1. The number of nitrogens with zero attached hydrogens (tertiary/aromatic N) is 2. The van der Waals surface area contributed by atoms with Crippen molar-refractivity contribution in [2.75, 3.05) is 0 Å². The Morgan fingerprint density at radius 1 is 0.467 bits per heavy atom. The molecule has 1 aliphatic rings. The molecule has 0 fully saturated rings. The molecular formula is C42H28N2O. The highest BCUT2D eigenvalue weighted by Gasteiger charge is 2.40. The molecular weight excluding hydrogens is 548 g/mol. The van der Waals surface area contributed by atoms with E-state index < -0.39 is 0 Å². The Morgan fingerprint density at radius 2 is 1.09 bits per heavy atom. The molecule has 0 saturated carbocycles. The van der Waals surface area contributed by atoms with Crippen molar-refractivity contribution in [1.82, 2.24) is 9.97 Å². The van der Waals surface area contributed by atoms with Crippen molar-refractivity contribution in [2.45, 2.75) is 12.3 Å². The number of rotatable bonds is 4. The van der Waals surface area contributed by atoms with Crippen LogP contribution in [-0.4, -0.2) is 9.97 Å². The quantitative estimate of drug-likeness (QED) is 0.209. The fourth-order valence-corrected chi connectivity index (χ4v) is 7.09. The maximum atomic E-state index is 6.12. The first-order chi connectivity index (χ1) is 22.2. The fraction of sp³-hybridized carbons (Fsp3) is 0.0476. The van der Waals surface area contributed by atoms with E-state index in [1.165, 1.54) is 27.8 Å². The van der Waals surface area contributed by atoms with Crippen LogP contribution in [0.25, 0.3) is 67.0 Å². The van der Waals surface area contributed by atoms with E-state index in [1.54, 1.807) is 0 Å². The summed E-state index contributed by atoms with van der Waals surface area (Å²) in [5, 5.41) is 2.18. The largest absolute Gasteiger partial charge is 0.456 e. The van der Waals surface area contributed by atoms with Gasteiger partial charge in [0.2, 0.25) is 0 Å². The third-order valence-electron chi connectivity index (χ3n) is 9.39. The van der Waals surface area contributed by atoms with Crippen molar-refractivity contribution in [3.8, 4) is 45.0 Å². The smallest absolute Gasteiger partial charge is 0.160 e. The van der Waals surface area contributed by atoms with E-state index in [0.717, 1.165) is 50.0 Å². The second kappa shape index (κ2) is 9.87. The summed E-state index contributed by atoms with van der Waals surface area (Å²) in [6.45, 7) is 2.35. The SMILES string of the molecule is CC1(c2ccccc2)c2ccccc2-c2cc(-c3cc(-c4ccc5oc6ccccc6c5c4)nc(-c4ccccc4)n3)ccc21. The summed E-state index contributed by atoms with van der Waals surface area (Å²) < 4.78 is 6.12. The number of hydrogen-bond donors (Lipinski definition) is 0. The standard InChI is InChI=1S/C42H28N2O/c1-42(30-14-6-3-7-15-30)35-18-10-8-16-31(35)33-24-28(20-22-36(33)42)37-26-38(44-41(43-37)27-12-4-2-5-13-27)29-21-23-40-34(25-29)32-17-9-11-19-39(32)45-40/h2-26H,1H3. The van der Waals surface area contributed by atoms with E-state index in [0.29, 0.717) is 5.82 Å². The molecule has 6 aromatic carbocycles. The second-order valence-electron chi connectivity index (χ2n) is 11.9. The van der Waals surface area contributed by atoms with Gasteiger partial charge in [0.15, 0.2) is 5.82 Å². The molecule has 0 bridgehead atoms. The van der Waals surface area contributed by atoms with Crippen molar-refractivity contribution < 1.29 is 4.42 Å². The van der Waals surface area contributed by atoms with E-state index in [4.69, 9.17) is 14.4 Å². The predicted octanol–water partition coefficient (Wildman–Crippen LogP) is 10.7. The lowest BCUT2D eigenvalue weighted by Crippen LogP contribution is -2.22. The van der Waals surface area contributed by atoms with Gasteiger partial charge in [-0.2, -0.15) is 0 Å². The lowest BCUT2D eigenvalue weighted by atomic mass is 9.74. The summed E-state index contributed by atoms with van der Waals surface area (Å²) >= 11 is 0. The Balaban J connectivity index is 1.24. The van der Waals surface area contributed by atoms with Crippen LogP contribution in [0.2, 0.25) is 0 Å². The van der Waals surface area contributed by atoms with Gasteiger partial charge in [-0.3, -0.25) is 0 Å². The lowest BCUT2D eigenvalue weighted by Gasteiger charge is -2.28. The Hall–Kier alpha value is -5.80. The molecule has 8 aromatic rings. The third-order valence-corrected chi connectivity index (χ3v) is 9.39. The van der Waals surface area contributed by atoms with Crippen LogP contribution in [0.1, 0.15) is 23.6 Å². The van der Waals surface area contributed by atoms with E-state index in [1.807, 2.05) is 36.4 Å². The highest BCUT2D eigenvalue weighted by molar-refractivity contribution is 6.06. The van der Waals surface area contributed by atoms with Gasteiger partial charge < -0.3 is 4.42 Å². The Bertz CT molecular complexity index is 2390. The van der Waals surface area contributed by atoms with Crippen molar-refractivity contribution in [2.24, 2.45) is 0 Å². The maximum Gasteiger partial charge on any atom is 0.160 e. The van der Waals surface area contributed by atoms with Crippen LogP contribution in [0.3, 0.4) is 0 Å². The monoisotopic (exact) mass is 576 g/mol. The van der Waals surface area contributed by atoms with Gasteiger partial charge in [-0.25, -0.2) is 9.97 Å². The van der Waals surface area contributed by atoms with Crippen LogP contribution >= 0.6 is 0 Å². The van der Waals surface area contributed by atoms with E-state index in [9.17, 15) is 0 Å². The van der Waals surface area contributed by atoms with Crippen LogP contribution in [0.4, 0.5) is 0 Å². The molecule has 1 unspecified atom stereocenters. The summed E-state index contributed by atoms with van der Waals surface area (Å²) in [7, 11) is 0. The van der Waals surface area contributed by atoms with E-state index in [2.05, 4.69) is 122 Å². The van der Waals surface area contributed by atoms with Gasteiger partial charge >= 0.3 is 0 Å². The zero-order valence-corrected chi connectivity index (χ0v) is 24.7. The highest BCUT2D eigenvalue weighted by atomic mass is 16.3. The fourth-order valence-electron chi connectivity index (χ4n) is 7.09. The zero-order chi connectivity index (χ0) is 30.0. The number of fused-ring (bicyclic) bond motifs is 6. The Morgan fingerprint density at radius 3 is 1.91 bits per heavy atom. The molecule has 0 aliphatic heterocycles. The van der Waals surface area contributed by atoms with Crippen molar-refractivity contribution in [3.63, 3.8) is 0 Å². The molecule has 2 aromatic heterocycles. The van der Waals surface area contributed by atoms with Crippen LogP contribution in [0.5, 0.6) is 0 Å². The minimum absolute atomic E-state index is 0.236. The van der Waals surface area contributed by atoms with Gasteiger partial charge in [-0.1, -0.05) is 115 Å². The molecule has 0 N–H and O–H groups in total. The Labute approximate surface area is 261 Å². The molecule has 0 spiro atoms. The molecule has 212 valence electrons. The molecule has 0 saturated heterocycles. The molecule has 45 heavy (non-hydrogen) atoms. The maximum absolute atomic E-state index is 6.12. The Kier molecular flexibility index (Phi) is 5.63. The van der Waals surface area contributed by atoms with Crippen molar-refractivity contribution in [1.29, 1.82) is 0 Å². The predicted molar refractivity (Wildman–Crippen MR) is 183 cm³/mol. The average molecular weight is 577 g/mol. The average Bonchev–Trinajstić information content (AvgIpc) is 3.61. The first-order valence-electron chi connectivity index (χ1n) is 15.3. The minimum atomic E-state index is -0.236. The summed E-state index contributed by atoms with van der Waals surface area (Å²) in [6.07, 6.45) is 0. The van der Waals surface area contributed by atoms with Crippen LogP contribution in [-0.2, 0) is 5.41 Å². The van der Waals surface area contributed by atoms with Gasteiger partial charge in [0.25, 0.3) is 0 Å². The first-order valence-corrected chi connectivity index (χ1v) is 15.3. The summed E-state index contributed by atoms with van der Waals surface area (Å²) in [5.41, 5.74) is 12.8. The van der Waals surface area contributed by atoms with Crippen LogP contribution in [0.15, 0.2) is 156 Å². The minimum Gasteiger partial charge on any atom is -0.456 e. The molecule has 0 amide bonds. The van der Waals surface area contributed by atoms with Gasteiger partial charge in [0.1, 0.15) is 11.2 Å². The second-order valence-corrected chi connectivity index (χ2v) is 11.9. The summed E-state index contributed by atoms with van der Waals surface area (Å²) in [5.74, 6) is 0.704. The molecule has 1 atom stereocenters. The normalized spacial score (nSPS) is 15.3. The van der Waals surface area contributed by atoms with E-state index in [-0.39, 0.29) is 5.41 Å². The molecule has 3 nitrogen and oxygen atoms in total. The van der Waals surface area contributed by atoms with Crippen molar-refractivity contribution in [3.05, 3.63) is 168 Å². The van der Waals surface area contributed by atoms with Gasteiger partial charge in [0.05, 0.1) is 11.4 Å².